The molecule has 0 aliphatic carbocycles. The van der Waals surface area contributed by atoms with Crippen molar-refractivity contribution >= 4 is 33.9 Å². The van der Waals surface area contributed by atoms with Gasteiger partial charge in [-0.1, -0.05) is 6.07 Å². The molecule has 1 unspecified atom stereocenters. The number of carbonyl (C=O) groups is 2. The number of nitrogens with one attached hydrogen (secondary N) is 2. The van der Waals surface area contributed by atoms with Gasteiger partial charge in [0.1, 0.15) is 0 Å². The van der Waals surface area contributed by atoms with Crippen molar-refractivity contribution in [2.75, 3.05) is 18.0 Å². The molecule has 1 aliphatic heterocycles. The van der Waals surface area contributed by atoms with Crippen LogP contribution in [0.4, 0.5) is 10.5 Å². The highest BCUT2D eigenvalue weighted by atomic mass is 32.1. The summed E-state index contributed by atoms with van der Waals surface area (Å²) in [6.07, 6.45) is 3.87. The standard InChI is InChI=1S/C18H19N5O2S/c1-11-3-4-13(9-15(11)23-6-5-19-17(23)25)16(24)20-12(2)14-10-22-7-8-26-18(22)21-14/h3-4,7-10,12H,5-6H2,1-2H3,(H,19,25)(H,20,24). The van der Waals surface area contributed by atoms with E-state index in [2.05, 4.69) is 15.6 Å². The Morgan fingerprint density at radius 3 is 3.00 bits per heavy atom. The minimum absolute atomic E-state index is 0.128. The number of benzene rings is 1. The maximum Gasteiger partial charge on any atom is 0.322 e. The van der Waals surface area contributed by atoms with Gasteiger partial charge < -0.3 is 10.6 Å². The van der Waals surface area contributed by atoms with Crippen LogP contribution in [0.5, 0.6) is 0 Å². The summed E-state index contributed by atoms with van der Waals surface area (Å²) in [5.41, 5.74) is 3.07. The van der Waals surface area contributed by atoms with Gasteiger partial charge in [-0.05, 0) is 31.5 Å². The van der Waals surface area contributed by atoms with E-state index in [9.17, 15) is 9.59 Å². The van der Waals surface area contributed by atoms with Crippen LogP contribution in [-0.2, 0) is 0 Å². The molecule has 1 aromatic carbocycles. The molecule has 3 heterocycles. The Morgan fingerprint density at radius 1 is 1.42 bits per heavy atom. The second-order valence-corrected chi connectivity index (χ2v) is 7.21. The summed E-state index contributed by atoms with van der Waals surface area (Å²) < 4.78 is 1.94. The van der Waals surface area contributed by atoms with Crippen LogP contribution in [-0.4, -0.2) is 34.4 Å². The molecule has 2 aromatic heterocycles. The number of carbonyl (C=O) groups excluding carboxylic acids is 2. The fraction of sp³-hybridized carbons (Fsp3) is 0.278. The summed E-state index contributed by atoms with van der Waals surface area (Å²) in [7, 11) is 0. The second-order valence-electron chi connectivity index (χ2n) is 6.34. The highest BCUT2D eigenvalue weighted by molar-refractivity contribution is 7.15. The van der Waals surface area contributed by atoms with Crippen molar-refractivity contribution in [1.82, 2.24) is 20.0 Å². The number of urea groups is 1. The number of aryl methyl sites for hydroxylation is 1. The molecular formula is C18H19N5O2S. The van der Waals surface area contributed by atoms with E-state index in [0.717, 1.165) is 21.9 Å². The molecule has 26 heavy (non-hydrogen) atoms. The first-order valence-corrected chi connectivity index (χ1v) is 9.30. The molecule has 4 rings (SSSR count). The third-order valence-electron chi connectivity index (χ3n) is 4.52. The number of rotatable bonds is 4. The molecule has 0 radical (unpaired) electrons. The minimum Gasteiger partial charge on any atom is -0.344 e. The first kappa shape index (κ1) is 16.6. The molecule has 8 heteroatoms. The van der Waals surface area contributed by atoms with Gasteiger partial charge in [0.05, 0.1) is 11.7 Å². The van der Waals surface area contributed by atoms with E-state index in [1.165, 1.54) is 0 Å². The zero-order valence-electron chi connectivity index (χ0n) is 14.5. The Hall–Kier alpha value is -2.87. The smallest absolute Gasteiger partial charge is 0.322 e. The fourth-order valence-electron chi connectivity index (χ4n) is 3.05. The van der Waals surface area contributed by atoms with Crippen LogP contribution in [0, 0.1) is 6.92 Å². The van der Waals surface area contributed by atoms with E-state index in [0.29, 0.717) is 18.7 Å². The molecule has 7 nitrogen and oxygen atoms in total. The largest absolute Gasteiger partial charge is 0.344 e. The van der Waals surface area contributed by atoms with Crippen molar-refractivity contribution in [3.05, 3.63) is 52.8 Å². The van der Waals surface area contributed by atoms with Crippen LogP contribution in [0.3, 0.4) is 0 Å². The first-order valence-electron chi connectivity index (χ1n) is 8.42. The number of imidazole rings is 1. The van der Waals surface area contributed by atoms with Crippen molar-refractivity contribution in [3.63, 3.8) is 0 Å². The number of anilines is 1. The minimum atomic E-state index is -0.213. The van der Waals surface area contributed by atoms with Gasteiger partial charge in [-0.25, -0.2) is 9.78 Å². The van der Waals surface area contributed by atoms with Gasteiger partial charge in [0, 0.05) is 42.1 Å². The summed E-state index contributed by atoms with van der Waals surface area (Å²) in [5, 5.41) is 7.74. The molecule has 1 saturated heterocycles. The molecule has 0 saturated carbocycles. The van der Waals surface area contributed by atoms with Gasteiger partial charge in [-0.15, -0.1) is 11.3 Å². The van der Waals surface area contributed by atoms with Crippen molar-refractivity contribution in [2.45, 2.75) is 19.9 Å². The number of nitrogens with zero attached hydrogens (tertiary/aromatic N) is 3. The quantitative estimate of drug-likeness (QED) is 0.742. The monoisotopic (exact) mass is 369 g/mol. The highest BCUT2D eigenvalue weighted by Crippen LogP contribution is 2.24. The van der Waals surface area contributed by atoms with Crippen molar-refractivity contribution in [3.8, 4) is 0 Å². The molecule has 1 fully saturated rings. The predicted octanol–water partition coefficient (Wildman–Crippen LogP) is 2.72. The van der Waals surface area contributed by atoms with Crippen molar-refractivity contribution in [1.29, 1.82) is 0 Å². The molecule has 3 amide bonds. The van der Waals surface area contributed by atoms with E-state index in [1.807, 2.05) is 42.1 Å². The Morgan fingerprint density at radius 2 is 2.27 bits per heavy atom. The van der Waals surface area contributed by atoms with Crippen LogP contribution in [0.2, 0.25) is 0 Å². The van der Waals surface area contributed by atoms with Crippen LogP contribution in [0.1, 0.15) is 34.6 Å². The van der Waals surface area contributed by atoms with Gasteiger partial charge in [0.15, 0.2) is 4.96 Å². The summed E-state index contributed by atoms with van der Waals surface area (Å²) in [6.45, 7) is 5.06. The zero-order valence-corrected chi connectivity index (χ0v) is 15.3. The van der Waals surface area contributed by atoms with Gasteiger partial charge in [-0.3, -0.25) is 14.1 Å². The van der Waals surface area contributed by atoms with E-state index in [-0.39, 0.29) is 18.0 Å². The molecule has 0 spiro atoms. The lowest BCUT2D eigenvalue weighted by Gasteiger charge is -2.18. The number of amides is 3. The number of thiazole rings is 1. The van der Waals surface area contributed by atoms with E-state index >= 15 is 0 Å². The van der Waals surface area contributed by atoms with Crippen LogP contribution >= 0.6 is 11.3 Å². The maximum atomic E-state index is 12.7. The van der Waals surface area contributed by atoms with Gasteiger partial charge >= 0.3 is 6.03 Å². The number of hydrogen-bond acceptors (Lipinski definition) is 4. The number of aromatic nitrogens is 2. The summed E-state index contributed by atoms with van der Waals surface area (Å²) in [4.78, 5) is 31.7. The van der Waals surface area contributed by atoms with Gasteiger partial charge in [0.2, 0.25) is 0 Å². The lowest BCUT2D eigenvalue weighted by Crippen LogP contribution is -2.30. The second kappa shape index (κ2) is 6.45. The Bertz CT molecular complexity index is 964. The molecule has 1 aliphatic rings. The molecular weight excluding hydrogens is 350 g/mol. The molecule has 2 N–H and O–H groups in total. The maximum absolute atomic E-state index is 12.7. The van der Waals surface area contributed by atoms with E-state index in [4.69, 9.17) is 0 Å². The molecule has 0 bridgehead atoms. The van der Waals surface area contributed by atoms with Gasteiger partial charge in [-0.2, -0.15) is 0 Å². The molecule has 1 atom stereocenters. The SMILES string of the molecule is Cc1ccc(C(=O)NC(C)c2cn3ccsc3n2)cc1N1CCNC1=O. The zero-order chi connectivity index (χ0) is 18.3. The average Bonchev–Trinajstić information content (AvgIpc) is 3.31. The Labute approximate surface area is 154 Å². The molecule has 134 valence electrons. The lowest BCUT2D eigenvalue weighted by atomic mass is 10.1. The normalized spacial score (nSPS) is 15.3. The van der Waals surface area contributed by atoms with E-state index in [1.54, 1.807) is 28.4 Å². The lowest BCUT2D eigenvalue weighted by molar-refractivity contribution is 0.0939. The van der Waals surface area contributed by atoms with Crippen LogP contribution in [0.25, 0.3) is 4.96 Å². The number of hydrogen-bond donors (Lipinski definition) is 2. The number of fused-ring (bicyclic) bond motifs is 1. The Balaban J connectivity index is 1.54. The highest BCUT2D eigenvalue weighted by Gasteiger charge is 2.24. The summed E-state index contributed by atoms with van der Waals surface area (Å²) >= 11 is 1.55. The van der Waals surface area contributed by atoms with Crippen molar-refractivity contribution < 1.29 is 9.59 Å². The predicted molar refractivity (Wildman–Crippen MR) is 101 cm³/mol. The third-order valence-corrected chi connectivity index (χ3v) is 5.29. The first-order chi connectivity index (χ1) is 12.5. The van der Waals surface area contributed by atoms with Crippen molar-refractivity contribution in [2.24, 2.45) is 0 Å². The molecule has 3 aromatic rings. The topological polar surface area (TPSA) is 78.7 Å². The van der Waals surface area contributed by atoms with E-state index < -0.39 is 0 Å². The average molecular weight is 369 g/mol. The van der Waals surface area contributed by atoms with Crippen LogP contribution in [0.15, 0.2) is 36.0 Å². The van der Waals surface area contributed by atoms with Gasteiger partial charge in [0.25, 0.3) is 5.91 Å². The summed E-state index contributed by atoms with van der Waals surface area (Å²) in [6, 6.07) is 5.08. The Kier molecular flexibility index (Phi) is 4.12. The fourth-order valence-corrected chi connectivity index (χ4v) is 3.76. The van der Waals surface area contributed by atoms with Crippen LogP contribution < -0.4 is 15.5 Å². The summed E-state index contributed by atoms with van der Waals surface area (Å²) in [5.74, 6) is -0.185. The third kappa shape index (κ3) is 2.92.